The topological polar surface area (TPSA) is 88.1 Å². The molecule has 0 unspecified atom stereocenters. The molecule has 0 spiro atoms. The number of fused-ring (bicyclic) bond motifs is 1. The van der Waals surface area contributed by atoms with E-state index >= 15 is 0 Å². The van der Waals surface area contributed by atoms with E-state index in [0.717, 1.165) is 25.9 Å². The van der Waals surface area contributed by atoms with E-state index in [1.807, 2.05) is 56.3 Å². The van der Waals surface area contributed by atoms with Gasteiger partial charge in [-0.2, -0.15) is 5.26 Å². The Labute approximate surface area is 193 Å². The van der Waals surface area contributed by atoms with Crippen LogP contribution in [0.2, 0.25) is 0 Å². The predicted molar refractivity (Wildman–Crippen MR) is 127 cm³/mol. The van der Waals surface area contributed by atoms with Crippen molar-refractivity contribution in [2.75, 3.05) is 11.9 Å². The number of nitrogens with zero attached hydrogens (tertiary/aromatic N) is 2. The number of anilines is 1. The van der Waals surface area contributed by atoms with Crippen molar-refractivity contribution in [2.45, 2.75) is 23.3 Å². The average Bonchev–Trinajstić information content (AvgIpc) is 3.38. The van der Waals surface area contributed by atoms with E-state index in [1.165, 1.54) is 17.8 Å². The second-order valence-electron chi connectivity index (χ2n) is 6.79. The molecular weight excluding hydrogens is 442 g/mol. The molecule has 160 valence electrons. The van der Waals surface area contributed by atoms with Crippen molar-refractivity contribution in [3.05, 3.63) is 71.5 Å². The van der Waals surface area contributed by atoms with E-state index in [1.54, 1.807) is 29.5 Å². The maximum atomic E-state index is 12.5. The van der Waals surface area contributed by atoms with Crippen LogP contribution >= 0.6 is 23.1 Å². The number of furan rings is 1. The Morgan fingerprint density at radius 1 is 1.28 bits per heavy atom. The highest BCUT2D eigenvalue weighted by atomic mass is 32.2. The van der Waals surface area contributed by atoms with E-state index in [0.29, 0.717) is 23.1 Å². The zero-order valence-corrected chi connectivity index (χ0v) is 19.0. The van der Waals surface area contributed by atoms with Crippen molar-refractivity contribution in [3.8, 4) is 11.8 Å². The molecule has 2 heterocycles. The number of hydrogen-bond donors (Lipinski definition) is 1. The molecule has 0 aliphatic carbocycles. The quantitative estimate of drug-likeness (QED) is 0.257. The third-order valence-corrected chi connectivity index (χ3v) is 6.37. The second kappa shape index (κ2) is 9.73. The van der Waals surface area contributed by atoms with Gasteiger partial charge in [0.1, 0.15) is 23.2 Å². The van der Waals surface area contributed by atoms with Crippen LogP contribution in [0.5, 0.6) is 5.75 Å². The zero-order chi connectivity index (χ0) is 22.5. The molecule has 0 saturated heterocycles. The van der Waals surface area contributed by atoms with E-state index in [2.05, 4.69) is 10.3 Å². The summed E-state index contributed by atoms with van der Waals surface area (Å²) >= 11 is 2.93. The van der Waals surface area contributed by atoms with Crippen molar-refractivity contribution >= 4 is 51.0 Å². The van der Waals surface area contributed by atoms with Gasteiger partial charge in [-0.25, -0.2) is 4.98 Å². The number of nitrogens with one attached hydrogen (secondary N) is 1. The smallest absolute Gasteiger partial charge is 0.266 e. The average molecular weight is 462 g/mol. The minimum Gasteiger partial charge on any atom is -0.494 e. The van der Waals surface area contributed by atoms with E-state index in [4.69, 9.17) is 9.15 Å². The molecule has 0 radical (unpaired) electrons. The summed E-state index contributed by atoms with van der Waals surface area (Å²) in [5.74, 6) is 0.752. The van der Waals surface area contributed by atoms with Crippen molar-refractivity contribution in [1.82, 2.24) is 4.98 Å². The monoisotopic (exact) mass is 461 g/mol. The van der Waals surface area contributed by atoms with Crippen molar-refractivity contribution in [1.29, 1.82) is 5.26 Å². The van der Waals surface area contributed by atoms with Gasteiger partial charge in [0.2, 0.25) is 0 Å². The first-order valence-electron chi connectivity index (χ1n) is 9.85. The van der Waals surface area contributed by atoms with Gasteiger partial charge in [-0.05, 0) is 73.6 Å². The largest absolute Gasteiger partial charge is 0.494 e. The molecule has 2 aromatic heterocycles. The molecule has 0 fully saturated rings. The summed E-state index contributed by atoms with van der Waals surface area (Å²) in [6.45, 7) is 4.50. The lowest BCUT2D eigenvalue weighted by molar-refractivity contribution is -0.112. The maximum Gasteiger partial charge on any atom is 0.266 e. The Morgan fingerprint density at radius 3 is 2.94 bits per heavy atom. The first-order chi connectivity index (χ1) is 15.5. The number of amides is 1. The molecule has 6 nitrogen and oxygen atoms in total. The summed E-state index contributed by atoms with van der Waals surface area (Å²) in [4.78, 5) is 17.1. The van der Waals surface area contributed by atoms with Crippen LogP contribution in [-0.2, 0) is 4.79 Å². The molecule has 0 aliphatic heterocycles. The molecule has 4 rings (SSSR count). The molecule has 0 bridgehead atoms. The number of thiazole rings is 1. The van der Waals surface area contributed by atoms with Crippen LogP contribution in [0.4, 0.5) is 5.69 Å². The van der Waals surface area contributed by atoms with Crippen LogP contribution in [0.3, 0.4) is 0 Å². The highest BCUT2D eigenvalue weighted by molar-refractivity contribution is 8.01. The maximum absolute atomic E-state index is 12.5. The Balaban J connectivity index is 1.47. The third kappa shape index (κ3) is 5.19. The number of rotatable bonds is 7. The summed E-state index contributed by atoms with van der Waals surface area (Å²) in [6.07, 6.45) is 1.43. The van der Waals surface area contributed by atoms with E-state index in [9.17, 15) is 10.1 Å². The van der Waals surface area contributed by atoms with Gasteiger partial charge >= 0.3 is 0 Å². The molecule has 8 heteroatoms. The fourth-order valence-electron chi connectivity index (χ4n) is 2.95. The molecular formula is C24H19N3O3S2. The first-order valence-corrected chi connectivity index (χ1v) is 11.5. The molecule has 4 aromatic rings. The summed E-state index contributed by atoms with van der Waals surface area (Å²) in [5.41, 5.74) is 2.50. The van der Waals surface area contributed by atoms with Gasteiger partial charge in [0.25, 0.3) is 5.91 Å². The predicted octanol–water partition coefficient (Wildman–Crippen LogP) is 6.29. The number of ether oxygens (including phenoxy) is 1. The Morgan fingerprint density at radius 2 is 2.16 bits per heavy atom. The molecule has 1 N–H and O–H groups in total. The summed E-state index contributed by atoms with van der Waals surface area (Å²) in [5, 5.41) is 12.8. The summed E-state index contributed by atoms with van der Waals surface area (Å²) < 4.78 is 13.2. The summed E-state index contributed by atoms with van der Waals surface area (Å²) in [6, 6.07) is 18.7. The standard InChI is InChI=1S/C24H19N3O3S2/c1-3-29-18-7-9-20-21(13-18)31-24(27-20)32-22-10-8-19(30-22)12-16(14-25)23(28)26-17-6-4-5-15(2)11-17/h4-13H,3H2,1-2H3,(H,26,28)/b16-12+. The molecule has 0 aliphatic rings. The number of aryl methyl sites for hydroxylation is 1. The Hall–Kier alpha value is -3.54. The van der Waals surface area contributed by atoms with Crippen LogP contribution in [-0.4, -0.2) is 17.5 Å². The van der Waals surface area contributed by atoms with Crippen LogP contribution in [0, 0.1) is 18.3 Å². The highest BCUT2D eigenvalue weighted by Gasteiger charge is 2.13. The lowest BCUT2D eigenvalue weighted by Gasteiger charge is -2.04. The van der Waals surface area contributed by atoms with Gasteiger partial charge in [-0.3, -0.25) is 4.79 Å². The van der Waals surface area contributed by atoms with Gasteiger partial charge in [-0.15, -0.1) is 11.3 Å². The van der Waals surface area contributed by atoms with Gasteiger partial charge in [0.05, 0.1) is 16.8 Å². The number of aromatic nitrogens is 1. The zero-order valence-electron chi connectivity index (χ0n) is 17.4. The van der Waals surface area contributed by atoms with Crippen molar-refractivity contribution < 1.29 is 13.9 Å². The number of carbonyl (C=O) groups excluding carboxylic acids is 1. The van der Waals surface area contributed by atoms with Crippen LogP contribution < -0.4 is 10.1 Å². The van der Waals surface area contributed by atoms with E-state index in [-0.39, 0.29) is 5.57 Å². The third-order valence-electron chi connectivity index (χ3n) is 4.37. The summed E-state index contributed by atoms with van der Waals surface area (Å²) in [7, 11) is 0. The van der Waals surface area contributed by atoms with Gasteiger partial charge in [0.15, 0.2) is 9.43 Å². The van der Waals surface area contributed by atoms with E-state index < -0.39 is 5.91 Å². The second-order valence-corrected chi connectivity index (χ2v) is 9.08. The normalized spacial score (nSPS) is 11.3. The molecule has 2 aromatic carbocycles. The highest BCUT2D eigenvalue weighted by Crippen LogP contribution is 2.36. The number of hydrogen-bond acceptors (Lipinski definition) is 7. The van der Waals surface area contributed by atoms with Crippen molar-refractivity contribution in [2.24, 2.45) is 0 Å². The van der Waals surface area contributed by atoms with Gasteiger partial charge in [0, 0.05) is 11.8 Å². The molecule has 32 heavy (non-hydrogen) atoms. The molecule has 0 saturated carbocycles. The SMILES string of the molecule is CCOc1ccc2nc(Sc3ccc(/C=C(\C#N)C(=O)Nc4cccc(C)c4)o3)sc2c1. The number of benzene rings is 2. The Bertz CT molecular complexity index is 1350. The molecule has 0 atom stereocenters. The minimum absolute atomic E-state index is 0.0409. The van der Waals surface area contributed by atoms with Gasteiger partial charge < -0.3 is 14.5 Å². The minimum atomic E-state index is -0.486. The first kappa shape index (κ1) is 21.7. The Kier molecular flexibility index (Phi) is 6.59. The lowest BCUT2D eigenvalue weighted by atomic mass is 10.2. The number of nitriles is 1. The van der Waals surface area contributed by atoms with Crippen LogP contribution in [0.1, 0.15) is 18.2 Å². The number of carbonyl (C=O) groups is 1. The fourth-order valence-corrected chi connectivity index (χ4v) is 4.95. The lowest BCUT2D eigenvalue weighted by Crippen LogP contribution is -2.13. The van der Waals surface area contributed by atoms with Gasteiger partial charge in [-0.1, -0.05) is 12.1 Å². The molecule has 1 amide bonds. The fraction of sp³-hybridized carbons (Fsp3) is 0.125. The van der Waals surface area contributed by atoms with Crippen LogP contribution in [0.15, 0.2) is 74.0 Å². The van der Waals surface area contributed by atoms with Crippen LogP contribution in [0.25, 0.3) is 16.3 Å². The van der Waals surface area contributed by atoms with Crippen molar-refractivity contribution in [3.63, 3.8) is 0 Å².